The molecule has 1 aliphatic heterocycles. The first-order valence-electron chi connectivity index (χ1n) is 7.65. The summed E-state index contributed by atoms with van der Waals surface area (Å²) in [7, 11) is 4.08. The van der Waals surface area contributed by atoms with Crippen molar-refractivity contribution in [2.75, 3.05) is 33.7 Å². The van der Waals surface area contributed by atoms with Crippen LogP contribution in [0.4, 0.5) is 0 Å². The van der Waals surface area contributed by atoms with E-state index in [1.165, 1.54) is 12.8 Å². The van der Waals surface area contributed by atoms with Crippen molar-refractivity contribution in [2.24, 2.45) is 5.92 Å². The van der Waals surface area contributed by atoms with Crippen LogP contribution in [0.3, 0.4) is 0 Å². The number of carbonyl (C=O) groups excluding carboxylic acids is 1. The average Bonchev–Trinajstić information content (AvgIpc) is 2.92. The highest BCUT2D eigenvalue weighted by molar-refractivity contribution is 6.06. The number of nitrogens with one attached hydrogen (secondary N) is 1. The number of amides is 1. The van der Waals surface area contributed by atoms with Gasteiger partial charge < -0.3 is 14.8 Å². The topological polar surface area (TPSA) is 39.3 Å². The summed E-state index contributed by atoms with van der Waals surface area (Å²) in [5.74, 6) is 0.742. The zero-order valence-corrected chi connectivity index (χ0v) is 12.8. The SMILES string of the molecule is CN1CCC(CN(C)C(=O)c2c[nH]c3ccccc23)CC1. The van der Waals surface area contributed by atoms with E-state index in [-0.39, 0.29) is 5.91 Å². The molecule has 1 amide bonds. The molecule has 21 heavy (non-hydrogen) atoms. The number of aromatic amines is 1. The predicted molar refractivity (Wildman–Crippen MR) is 85.5 cm³/mol. The van der Waals surface area contributed by atoms with Gasteiger partial charge in [-0.3, -0.25) is 4.79 Å². The molecule has 0 radical (unpaired) electrons. The largest absolute Gasteiger partial charge is 0.360 e. The fourth-order valence-corrected chi connectivity index (χ4v) is 3.17. The van der Waals surface area contributed by atoms with Crippen LogP contribution in [0.2, 0.25) is 0 Å². The Hall–Kier alpha value is -1.81. The maximum absolute atomic E-state index is 12.7. The maximum Gasteiger partial charge on any atom is 0.255 e. The minimum absolute atomic E-state index is 0.117. The molecule has 2 heterocycles. The van der Waals surface area contributed by atoms with Gasteiger partial charge in [-0.25, -0.2) is 0 Å². The Kier molecular flexibility index (Phi) is 3.97. The van der Waals surface area contributed by atoms with Gasteiger partial charge in [0.1, 0.15) is 0 Å². The standard InChI is InChI=1S/C17H23N3O/c1-19-9-7-13(8-10-19)12-20(2)17(21)15-11-18-16-6-4-3-5-14(15)16/h3-6,11,13,18H,7-10,12H2,1-2H3. The second kappa shape index (κ2) is 5.90. The Bertz CT molecular complexity index is 626. The third-order valence-corrected chi connectivity index (χ3v) is 4.54. The lowest BCUT2D eigenvalue weighted by Crippen LogP contribution is -2.37. The lowest BCUT2D eigenvalue weighted by molar-refractivity contribution is 0.0749. The van der Waals surface area contributed by atoms with Gasteiger partial charge in [-0.05, 0) is 45.0 Å². The van der Waals surface area contributed by atoms with E-state index >= 15 is 0 Å². The minimum Gasteiger partial charge on any atom is -0.360 e. The van der Waals surface area contributed by atoms with Gasteiger partial charge in [0.05, 0.1) is 5.56 Å². The van der Waals surface area contributed by atoms with E-state index in [1.807, 2.05) is 42.4 Å². The van der Waals surface area contributed by atoms with Crippen LogP contribution in [0.15, 0.2) is 30.5 Å². The number of carbonyl (C=O) groups is 1. The number of rotatable bonds is 3. The van der Waals surface area contributed by atoms with Crippen LogP contribution in [0.5, 0.6) is 0 Å². The first kappa shape index (κ1) is 14.1. The molecule has 0 unspecified atom stereocenters. The van der Waals surface area contributed by atoms with E-state index in [9.17, 15) is 4.79 Å². The van der Waals surface area contributed by atoms with Gasteiger partial charge in [0.2, 0.25) is 0 Å². The summed E-state index contributed by atoms with van der Waals surface area (Å²) < 4.78 is 0. The summed E-state index contributed by atoms with van der Waals surface area (Å²) >= 11 is 0. The Balaban J connectivity index is 1.70. The van der Waals surface area contributed by atoms with E-state index < -0.39 is 0 Å². The van der Waals surface area contributed by atoms with Crippen LogP contribution in [-0.2, 0) is 0 Å². The van der Waals surface area contributed by atoms with Crippen molar-refractivity contribution in [1.82, 2.24) is 14.8 Å². The molecule has 1 aliphatic rings. The minimum atomic E-state index is 0.117. The van der Waals surface area contributed by atoms with E-state index in [2.05, 4.69) is 16.9 Å². The Morgan fingerprint density at radius 2 is 2.05 bits per heavy atom. The number of fused-ring (bicyclic) bond motifs is 1. The number of H-pyrrole nitrogens is 1. The fraction of sp³-hybridized carbons (Fsp3) is 0.471. The van der Waals surface area contributed by atoms with Crippen LogP contribution in [-0.4, -0.2) is 54.4 Å². The third-order valence-electron chi connectivity index (χ3n) is 4.54. The molecule has 1 saturated heterocycles. The van der Waals surface area contributed by atoms with Crippen molar-refractivity contribution in [3.63, 3.8) is 0 Å². The molecule has 3 rings (SSSR count). The van der Waals surface area contributed by atoms with Crippen LogP contribution >= 0.6 is 0 Å². The van der Waals surface area contributed by atoms with Crippen molar-refractivity contribution < 1.29 is 4.79 Å². The van der Waals surface area contributed by atoms with Gasteiger partial charge in [0.25, 0.3) is 5.91 Å². The van der Waals surface area contributed by atoms with Crippen molar-refractivity contribution in [3.8, 4) is 0 Å². The van der Waals surface area contributed by atoms with Crippen LogP contribution in [0, 0.1) is 5.92 Å². The van der Waals surface area contributed by atoms with Gasteiger partial charge in [-0.2, -0.15) is 0 Å². The number of hydrogen-bond donors (Lipinski definition) is 1. The highest BCUT2D eigenvalue weighted by Crippen LogP contribution is 2.21. The lowest BCUT2D eigenvalue weighted by atomic mass is 9.96. The summed E-state index contributed by atoms with van der Waals surface area (Å²) in [6, 6.07) is 7.96. The zero-order chi connectivity index (χ0) is 14.8. The summed E-state index contributed by atoms with van der Waals surface area (Å²) in [5, 5.41) is 1.01. The monoisotopic (exact) mass is 285 g/mol. The molecule has 112 valence electrons. The number of nitrogens with zero attached hydrogens (tertiary/aromatic N) is 2. The highest BCUT2D eigenvalue weighted by Gasteiger charge is 2.22. The Morgan fingerprint density at radius 3 is 2.81 bits per heavy atom. The highest BCUT2D eigenvalue weighted by atomic mass is 16.2. The number of piperidine rings is 1. The summed E-state index contributed by atoms with van der Waals surface area (Å²) in [6.07, 6.45) is 4.20. The number of likely N-dealkylation sites (tertiary alicyclic amines) is 1. The fourth-order valence-electron chi connectivity index (χ4n) is 3.17. The number of hydrogen-bond acceptors (Lipinski definition) is 2. The Labute approximate surface area is 125 Å². The lowest BCUT2D eigenvalue weighted by Gasteiger charge is -2.31. The normalized spacial score (nSPS) is 17.2. The van der Waals surface area contributed by atoms with Gasteiger partial charge in [-0.15, -0.1) is 0 Å². The van der Waals surface area contributed by atoms with Gasteiger partial charge in [0, 0.05) is 30.7 Å². The van der Waals surface area contributed by atoms with Crippen molar-refractivity contribution in [2.45, 2.75) is 12.8 Å². The molecule has 1 aromatic carbocycles. The Morgan fingerprint density at radius 1 is 1.33 bits per heavy atom. The first-order chi connectivity index (χ1) is 10.1. The number of para-hydroxylation sites is 1. The van der Waals surface area contributed by atoms with Crippen LogP contribution in [0.25, 0.3) is 10.9 Å². The van der Waals surface area contributed by atoms with Crippen LogP contribution < -0.4 is 0 Å². The van der Waals surface area contributed by atoms with Crippen LogP contribution in [0.1, 0.15) is 23.2 Å². The molecule has 0 aliphatic carbocycles. The molecule has 4 heteroatoms. The molecule has 1 aromatic heterocycles. The van der Waals surface area contributed by atoms with E-state index in [4.69, 9.17) is 0 Å². The molecule has 0 saturated carbocycles. The first-order valence-corrected chi connectivity index (χ1v) is 7.65. The molecule has 2 aromatic rings. The van der Waals surface area contributed by atoms with Gasteiger partial charge in [-0.1, -0.05) is 18.2 Å². The molecule has 0 atom stereocenters. The molecule has 0 spiro atoms. The number of aromatic nitrogens is 1. The smallest absolute Gasteiger partial charge is 0.255 e. The molecular weight excluding hydrogens is 262 g/mol. The third kappa shape index (κ3) is 2.95. The quantitative estimate of drug-likeness (QED) is 0.941. The molecule has 1 N–H and O–H groups in total. The van der Waals surface area contributed by atoms with E-state index in [0.29, 0.717) is 5.92 Å². The zero-order valence-electron chi connectivity index (χ0n) is 12.8. The average molecular weight is 285 g/mol. The second-order valence-corrected chi connectivity index (χ2v) is 6.18. The molecule has 0 bridgehead atoms. The molecular formula is C17H23N3O. The molecule has 4 nitrogen and oxygen atoms in total. The van der Waals surface area contributed by atoms with Crippen molar-refractivity contribution in [3.05, 3.63) is 36.0 Å². The summed E-state index contributed by atoms with van der Waals surface area (Å²) in [5.41, 5.74) is 1.80. The summed E-state index contributed by atoms with van der Waals surface area (Å²) in [4.78, 5) is 20.1. The summed E-state index contributed by atoms with van der Waals surface area (Å²) in [6.45, 7) is 3.13. The molecule has 1 fully saturated rings. The van der Waals surface area contributed by atoms with Gasteiger partial charge >= 0.3 is 0 Å². The van der Waals surface area contributed by atoms with Crippen molar-refractivity contribution >= 4 is 16.8 Å². The predicted octanol–water partition coefficient (Wildman–Crippen LogP) is 2.58. The van der Waals surface area contributed by atoms with Gasteiger partial charge in [0.15, 0.2) is 0 Å². The maximum atomic E-state index is 12.7. The van der Waals surface area contributed by atoms with E-state index in [1.54, 1.807) is 0 Å². The second-order valence-electron chi connectivity index (χ2n) is 6.18. The number of benzene rings is 1. The van der Waals surface area contributed by atoms with Crippen molar-refractivity contribution in [1.29, 1.82) is 0 Å². The van der Waals surface area contributed by atoms with E-state index in [0.717, 1.165) is 36.1 Å².